The molecule has 1 saturated carbocycles. The predicted octanol–water partition coefficient (Wildman–Crippen LogP) is 3.53. The van der Waals surface area contributed by atoms with Gasteiger partial charge in [-0.15, -0.1) is 0 Å². The van der Waals surface area contributed by atoms with Crippen LogP contribution in [0.3, 0.4) is 0 Å². The van der Waals surface area contributed by atoms with Crippen molar-refractivity contribution in [2.45, 2.75) is 25.7 Å². The summed E-state index contributed by atoms with van der Waals surface area (Å²) in [5, 5.41) is 3.12. The fraction of sp³-hybridized carbons (Fsp3) is 0.357. The summed E-state index contributed by atoms with van der Waals surface area (Å²) in [6, 6.07) is 3.96. The summed E-state index contributed by atoms with van der Waals surface area (Å²) in [5.74, 6) is 2.09. The van der Waals surface area contributed by atoms with Gasteiger partial charge in [-0.25, -0.2) is 9.97 Å². The number of nitrogens with one attached hydrogen (secondary N) is 1. The molecule has 2 aromatic heterocycles. The number of nitrogens with zero attached hydrogens (tertiary/aromatic N) is 3. The molecule has 0 bridgehead atoms. The Kier molecular flexibility index (Phi) is 3.22. The van der Waals surface area contributed by atoms with Crippen molar-refractivity contribution < 1.29 is 0 Å². The Morgan fingerprint density at radius 3 is 2.74 bits per heavy atom. The van der Waals surface area contributed by atoms with E-state index in [0.29, 0.717) is 11.7 Å². The van der Waals surface area contributed by atoms with Gasteiger partial charge in [0.2, 0.25) is 0 Å². The van der Waals surface area contributed by atoms with Gasteiger partial charge in [-0.1, -0.05) is 6.07 Å². The van der Waals surface area contributed by atoms with Crippen LogP contribution in [0.25, 0.3) is 11.5 Å². The van der Waals surface area contributed by atoms with Crippen LogP contribution < -0.4 is 5.32 Å². The highest BCUT2D eigenvalue weighted by Gasteiger charge is 2.29. The molecule has 0 atom stereocenters. The number of hydrogen-bond donors (Lipinski definition) is 1. The van der Waals surface area contributed by atoms with Gasteiger partial charge >= 0.3 is 0 Å². The Bertz CT molecular complexity index is 623. The van der Waals surface area contributed by atoms with E-state index in [1.165, 1.54) is 12.8 Å². The topological polar surface area (TPSA) is 50.7 Å². The van der Waals surface area contributed by atoms with Crippen LogP contribution in [0, 0.1) is 6.92 Å². The van der Waals surface area contributed by atoms with Crippen LogP contribution in [0.2, 0.25) is 0 Å². The van der Waals surface area contributed by atoms with Gasteiger partial charge in [-0.2, -0.15) is 0 Å². The highest BCUT2D eigenvalue weighted by atomic mass is 79.9. The molecule has 0 radical (unpaired) electrons. The van der Waals surface area contributed by atoms with Gasteiger partial charge in [-0.05, 0) is 47.3 Å². The Morgan fingerprint density at radius 1 is 1.32 bits per heavy atom. The minimum Gasteiger partial charge on any atom is -0.372 e. The number of aryl methyl sites for hydroxylation is 1. The number of rotatable bonds is 3. The molecule has 0 saturated heterocycles. The molecule has 0 amide bonds. The number of aromatic nitrogens is 3. The molecule has 3 rings (SSSR count). The standard InChI is InChI=1S/C14H15BrN4/c1-8-4-3-7-17-11(8)14-18-12(9-5-6-9)10(15)13(16-2)19-14/h3-4,7,9H,5-6H2,1-2H3,(H,16,18,19). The fourth-order valence-corrected chi connectivity index (χ4v) is 2.78. The second-order valence-electron chi connectivity index (χ2n) is 4.79. The van der Waals surface area contributed by atoms with Gasteiger partial charge in [0, 0.05) is 19.2 Å². The van der Waals surface area contributed by atoms with Crippen LogP contribution in [0.1, 0.15) is 30.0 Å². The molecule has 4 nitrogen and oxygen atoms in total. The number of anilines is 1. The van der Waals surface area contributed by atoms with Gasteiger partial charge in [-0.3, -0.25) is 4.98 Å². The molecule has 5 heteroatoms. The van der Waals surface area contributed by atoms with Gasteiger partial charge in [0.1, 0.15) is 11.5 Å². The van der Waals surface area contributed by atoms with Crippen LogP contribution in [0.15, 0.2) is 22.8 Å². The minimum absolute atomic E-state index is 0.562. The lowest BCUT2D eigenvalue weighted by molar-refractivity contribution is 0.972. The van der Waals surface area contributed by atoms with Crippen molar-refractivity contribution in [1.82, 2.24) is 15.0 Å². The maximum atomic E-state index is 4.71. The molecule has 0 aliphatic heterocycles. The first-order valence-corrected chi connectivity index (χ1v) is 7.17. The summed E-state index contributed by atoms with van der Waals surface area (Å²) >= 11 is 3.60. The quantitative estimate of drug-likeness (QED) is 0.940. The summed E-state index contributed by atoms with van der Waals surface area (Å²) in [6.45, 7) is 2.03. The monoisotopic (exact) mass is 318 g/mol. The Hall–Kier alpha value is -1.49. The predicted molar refractivity (Wildman–Crippen MR) is 79.2 cm³/mol. The zero-order valence-corrected chi connectivity index (χ0v) is 12.5. The number of halogens is 1. The third-order valence-electron chi connectivity index (χ3n) is 3.30. The third-order valence-corrected chi connectivity index (χ3v) is 4.08. The first-order valence-electron chi connectivity index (χ1n) is 6.38. The molecule has 1 N–H and O–H groups in total. The third kappa shape index (κ3) is 2.34. The molecular weight excluding hydrogens is 304 g/mol. The second kappa shape index (κ2) is 4.89. The molecule has 1 aliphatic carbocycles. The zero-order chi connectivity index (χ0) is 13.4. The van der Waals surface area contributed by atoms with Crippen molar-refractivity contribution in [3.63, 3.8) is 0 Å². The summed E-state index contributed by atoms with van der Waals surface area (Å²) in [5.41, 5.74) is 3.04. The van der Waals surface area contributed by atoms with E-state index >= 15 is 0 Å². The van der Waals surface area contributed by atoms with Crippen molar-refractivity contribution in [2.24, 2.45) is 0 Å². The van der Waals surface area contributed by atoms with E-state index in [1.807, 2.05) is 26.1 Å². The van der Waals surface area contributed by atoms with Crippen molar-refractivity contribution in [3.8, 4) is 11.5 Å². The van der Waals surface area contributed by atoms with Crippen molar-refractivity contribution >= 4 is 21.7 Å². The first-order chi connectivity index (χ1) is 9.20. The normalized spacial score (nSPS) is 14.5. The van der Waals surface area contributed by atoms with E-state index in [0.717, 1.165) is 27.2 Å². The molecule has 2 aromatic rings. The van der Waals surface area contributed by atoms with Gasteiger partial charge in [0.15, 0.2) is 5.82 Å². The second-order valence-corrected chi connectivity index (χ2v) is 5.58. The molecule has 98 valence electrons. The lowest BCUT2D eigenvalue weighted by atomic mass is 10.2. The molecule has 1 aliphatic rings. The van der Waals surface area contributed by atoms with Crippen LogP contribution in [0.5, 0.6) is 0 Å². The lowest BCUT2D eigenvalue weighted by Crippen LogP contribution is -2.04. The summed E-state index contributed by atoms with van der Waals surface area (Å²) in [4.78, 5) is 13.7. The van der Waals surface area contributed by atoms with E-state index in [2.05, 4.69) is 31.2 Å². The van der Waals surface area contributed by atoms with E-state index < -0.39 is 0 Å². The number of hydrogen-bond acceptors (Lipinski definition) is 4. The zero-order valence-electron chi connectivity index (χ0n) is 10.9. The van der Waals surface area contributed by atoms with Crippen LogP contribution >= 0.6 is 15.9 Å². The highest BCUT2D eigenvalue weighted by molar-refractivity contribution is 9.10. The van der Waals surface area contributed by atoms with Crippen molar-refractivity contribution in [2.75, 3.05) is 12.4 Å². The molecular formula is C14H15BrN4. The molecule has 0 spiro atoms. The van der Waals surface area contributed by atoms with Crippen molar-refractivity contribution in [3.05, 3.63) is 34.1 Å². The Balaban J connectivity index is 2.16. The van der Waals surface area contributed by atoms with E-state index in [4.69, 9.17) is 4.98 Å². The maximum Gasteiger partial charge on any atom is 0.180 e. The molecule has 0 aromatic carbocycles. The summed E-state index contributed by atoms with van der Waals surface area (Å²) in [7, 11) is 1.87. The first kappa shape index (κ1) is 12.5. The fourth-order valence-electron chi connectivity index (χ4n) is 2.08. The van der Waals surface area contributed by atoms with Crippen molar-refractivity contribution in [1.29, 1.82) is 0 Å². The molecule has 19 heavy (non-hydrogen) atoms. The average molecular weight is 319 g/mol. The van der Waals surface area contributed by atoms with Crippen LogP contribution in [-0.4, -0.2) is 22.0 Å². The Morgan fingerprint density at radius 2 is 2.11 bits per heavy atom. The highest BCUT2D eigenvalue weighted by Crippen LogP contribution is 2.44. The van der Waals surface area contributed by atoms with E-state index in [-0.39, 0.29) is 0 Å². The van der Waals surface area contributed by atoms with Crippen LogP contribution in [0.4, 0.5) is 5.82 Å². The van der Waals surface area contributed by atoms with Gasteiger partial charge < -0.3 is 5.32 Å². The molecule has 0 unspecified atom stereocenters. The van der Waals surface area contributed by atoms with Gasteiger partial charge in [0.25, 0.3) is 0 Å². The van der Waals surface area contributed by atoms with Gasteiger partial charge in [0.05, 0.1) is 10.2 Å². The molecule has 2 heterocycles. The summed E-state index contributed by atoms with van der Waals surface area (Å²) < 4.78 is 0.981. The smallest absolute Gasteiger partial charge is 0.180 e. The maximum absolute atomic E-state index is 4.71. The average Bonchev–Trinajstić information content (AvgIpc) is 3.24. The Labute approximate surface area is 120 Å². The van der Waals surface area contributed by atoms with Crippen LogP contribution in [-0.2, 0) is 0 Å². The van der Waals surface area contributed by atoms with E-state index in [9.17, 15) is 0 Å². The largest absolute Gasteiger partial charge is 0.372 e. The lowest BCUT2D eigenvalue weighted by Gasteiger charge is -2.11. The minimum atomic E-state index is 0.562. The summed E-state index contributed by atoms with van der Waals surface area (Å²) in [6.07, 6.45) is 4.20. The number of pyridine rings is 1. The molecule has 1 fully saturated rings. The SMILES string of the molecule is CNc1nc(-c2ncccc2C)nc(C2CC2)c1Br. The van der Waals surface area contributed by atoms with E-state index in [1.54, 1.807) is 6.20 Å².